The van der Waals surface area contributed by atoms with Gasteiger partial charge in [0.25, 0.3) is 5.91 Å². The first-order valence-electron chi connectivity index (χ1n) is 6.56. The van der Waals surface area contributed by atoms with Gasteiger partial charge in [-0.15, -0.1) is 0 Å². The number of rotatable bonds is 5. The van der Waals surface area contributed by atoms with E-state index in [1.165, 1.54) is 4.90 Å². The van der Waals surface area contributed by atoms with Crippen molar-refractivity contribution in [2.24, 2.45) is 0 Å². The van der Waals surface area contributed by atoms with E-state index in [-0.39, 0.29) is 11.4 Å². The molecule has 5 nitrogen and oxygen atoms in total. The second kappa shape index (κ2) is 6.13. The molecule has 20 heavy (non-hydrogen) atoms. The number of nitrogen functional groups attached to an aromatic ring is 1. The van der Waals surface area contributed by atoms with Crippen LogP contribution in [-0.4, -0.2) is 56.0 Å². The van der Waals surface area contributed by atoms with Crippen molar-refractivity contribution in [3.8, 4) is 5.75 Å². The molecule has 5 heteroatoms. The van der Waals surface area contributed by atoms with Crippen LogP contribution in [0, 0.1) is 0 Å². The normalized spacial score (nSPS) is 11.6. The summed E-state index contributed by atoms with van der Waals surface area (Å²) in [7, 11) is 7.43. The molecule has 1 rings (SSSR count). The number of nitrogens with two attached hydrogens (primary N) is 1. The lowest BCUT2D eigenvalue weighted by molar-refractivity contribution is 0.0826. The minimum atomic E-state index is -0.117. The molecule has 0 aromatic heterocycles. The van der Waals surface area contributed by atoms with Crippen molar-refractivity contribution in [2.75, 3.05) is 40.5 Å². The maximum Gasteiger partial charge on any atom is 0.253 e. The molecule has 1 aromatic rings. The van der Waals surface area contributed by atoms with Crippen LogP contribution in [0.5, 0.6) is 5.75 Å². The van der Waals surface area contributed by atoms with Gasteiger partial charge in [0.2, 0.25) is 0 Å². The van der Waals surface area contributed by atoms with Crippen LogP contribution in [0.3, 0.4) is 0 Å². The molecule has 2 N–H and O–H groups in total. The minimum absolute atomic E-state index is 0.0679. The zero-order valence-electron chi connectivity index (χ0n) is 13.2. The Bertz CT molecular complexity index is 482. The van der Waals surface area contributed by atoms with Gasteiger partial charge in [0.05, 0.1) is 5.69 Å². The van der Waals surface area contributed by atoms with Gasteiger partial charge in [0, 0.05) is 25.2 Å². The van der Waals surface area contributed by atoms with Crippen LogP contribution in [0.1, 0.15) is 24.2 Å². The molecular weight excluding hydrogens is 254 g/mol. The zero-order valence-corrected chi connectivity index (χ0v) is 13.2. The zero-order chi connectivity index (χ0) is 15.5. The summed E-state index contributed by atoms with van der Waals surface area (Å²) < 4.78 is 5.80. The number of hydrogen-bond donors (Lipinski definition) is 1. The van der Waals surface area contributed by atoms with Crippen molar-refractivity contribution >= 4 is 11.6 Å². The lowest BCUT2D eigenvalue weighted by Crippen LogP contribution is -2.43. The van der Waals surface area contributed by atoms with Crippen LogP contribution in [-0.2, 0) is 0 Å². The third-order valence-electron chi connectivity index (χ3n) is 3.46. The first-order chi connectivity index (χ1) is 9.15. The van der Waals surface area contributed by atoms with Gasteiger partial charge in [-0.05, 0) is 46.1 Å². The Kier molecular flexibility index (Phi) is 5.00. The molecule has 0 saturated carbocycles. The first-order valence-corrected chi connectivity index (χ1v) is 6.56. The van der Waals surface area contributed by atoms with Gasteiger partial charge in [0.15, 0.2) is 0 Å². The van der Waals surface area contributed by atoms with E-state index in [9.17, 15) is 4.79 Å². The van der Waals surface area contributed by atoms with Crippen LogP contribution >= 0.6 is 0 Å². The van der Waals surface area contributed by atoms with Crippen molar-refractivity contribution in [3.63, 3.8) is 0 Å². The van der Waals surface area contributed by atoms with Gasteiger partial charge >= 0.3 is 0 Å². The molecular formula is C15H25N3O2. The SMILES string of the molecule is CN(C)C(=O)c1ccc(N)c(OCC(C)(C)N(C)C)c1. The fraction of sp³-hybridized carbons (Fsp3) is 0.533. The Morgan fingerprint density at radius 1 is 1.25 bits per heavy atom. The lowest BCUT2D eigenvalue weighted by atomic mass is 10.1. The Labute approximate surface area is 121 Å². The molecule has 0 atom stereocenters. The molecule has 1 amide bonds. The minimum Gasteiger partial charge on any atom is -0.489 e. The van der Waals surface area contributed by atoms with E-state index in [2.05, 4.69) is 18.7 Å². The van der Waals surface area contributed by atoms with Gasteiger partial charge in [-0.3, -0.25) is 4.79 Å². The van der Waals surface area contributed by atoms with Gasteiger partial charge in [-0.1, -0.05) is 0 Å². The first kappa shape index (κ1) is 16.3. The number of carbonyl (C=O) groups excluding carboxylic acids is 1. The fourth-order valence-corrected chi connectivity index (χ4v) is 1.43. The van der Waals surface area contributed by atoms with Crippen LogP contribution < -0.4 is 10.5 Å². The number of hydrogen-bond acceptors (Lipinski definition) is 4. The highest BCUT2D eigenvalue weighted by Crippen LogP contribution is 2.25. The van der Waals surface area contributed by atoms with Gasteiger partial charge in [0.1, 0.15) is 12.4 Å². The molecule has 0 fully saturated rings. The van der Waals surface area contributed by atoms with E-state index in [4.69, 9.17) is 10.5 Å². The van der Waals surface area contributed by atoms with Gasteiger partial charge in [-0.25, -0.2) is 0 Å². The van der Waals surface area contributed by atoms with Crippen molar-refractivity contribution in [2.45, 2.75) is 19.4 Å². The van der Waals surface area contributed by atoms with E-state index in [0.717, 1.165) is 0 Å². The lowest BCUT2D eigenvalue weighted by Gasteiger charge is -2.32. The Balaban J connectivity index is 2.90. The van der Waals surface area contributed by atoms with Gasteiger partial charge in [-0.2, -0.15) is 0 Å². The Morgan fingerprint density at radius 3 is 2.35 bits per heavy atom. The average Bonchev–Trinajstić information content (AvgIpc) is 2.36. The molecule has 0 bridgehead atoms. The number of anilines is 1. The molecule has 0 unspecified atom stereocenters. The van der Waals surface area contributed by atoms with Crippen molar-refractivity contribution in [1.82, 2.24) is 9.80 Å². The summed E-state index contributed by atoms with van der Waals surface area (Å²) >= 11 is 0. The molecule has 0 radical (unpaired) electrons. The maximum absolute atomic E-state index is 11.9. The van der Waals surface area contributed by atoms with E-state index >= 15 is 0 Å². The summed E-state index contributed by atoms with van der Waals surface area (Å²) in [6, 6.07) is 5.11. The van der Waals surface area contributed by atoms with Crippen LogP contribution in [0.4, 0.5) is 5.69 Å². The highest BCUT2D eigenvalue weighted by Gasteiger charge is 2.22. The van der Waals surface area contributed by atoms with Crippen molar-refractivity contribution in [3.05, 3.63) is 23.8 Å². The largest absolute Gasteiger partial charge is 0.489 e. The number of benzene rings is 1. The fourth-order valence-electron chi connectivity index (χ4n) is 1.43. The van der Waals surface area contributed by atoms with E-state index < -0.39 is 0 Å². The monoisotopic (exact) mass is 279 g/mol. The third-order valence-corrected chi connectivity index (χ3v) is 3.46. The molecule has 1 aromatic carbocycles. The van der Waals surface area contributed by atoms with E-state index in [0.29, 0.717) is 23.6 Å². The number of ether oxygens (including phenoxy) is 1. The van der Waals surface area contributed by atoms with E-state index in [1.807, 2.05) is 14.1 Å². The summed E-state index contributed by atoms with van der Waals surface area (Å²) in [5.74, 6) is 0.481. The molecule has 112 valence electrons. The van der Waals surface area contributed by atoms with Crippen LogP contribution in [0.2, 0.25) is 0 Å². The highest BCUT2D eigenvalue weighted by molar-refractivity contribution is 5.94. The molecule has 0 aliphatic heterocycles. The highest BCUT2D eigenvalue weighted by atomic mass is 16.5. The molecule has 0 spiro atoms. The topological polar surface area (TPSA) is 58.8 Å². The second-order valence-corrected chi connectivity index (χ2v) is 5.95. The summed E-state index contributed by atoms with van der Waals surface area (Å²) in [6.45, 7) is 4.65. The van der Waals surface area contributed by atoms with Crippen LogP contribution in [0.15, 0.2) is 18.2 Å². The number of carbonyl (C=O) groups is 1. The summed E-state index contributed by atoms with van der Waals surface area (Å²) in [4.78, 5) is 15.5. The Hall–Kier alpha value is -1.75. The third kappa shape index (κ3) is 3.87. The molecule has 0 heterocycles. The van der Waals surface area contributed by atoms with Crippen molar-refractivity contribution < 1.29 is 9.53 Å². The van der Waals surface area contributed by atoms with Crippen molar-refractivity contribution in [1.29, 1.82) is 0 Å². The number of likely N-dealkylation sites (N-methyl/N-ethyl adjacent to an activating group) is 1. The molecule has 0 aliphatic rings. The second-order valence-electron chi connectivity index (χ2n) is 5.95. The summed E-state index contributed by atoms with van der Waals surface area (Å²) in [5, 5.41) is 0. The maximum atomic E-state index is 11.9. The number of amides is 1. The molecule has 0 aliphatic carbocycles. The molecule has 0 saturated heterocycles. The average molecular weight is 279 g/mol. The van der Waals surface area contributed by atoms with Crippen LogP contribution in [0.25, 0.3) is 0 Å². The summed E-state index contributed by atoms with van der Waals surface area (Å²) in [6.07, 6.45) is 0. The smallest absolute Gasteiger partial charge is 0.253 e. The quantitative estimate of drug-likeness (QED) is 0.833. The number of nitrogens with zero attached hydrogens (tertiary/aromatic N) is 2. The Morgan fingerprint density at radius 2 is 1.85 bits per heavy atom. The summed E-state index contributed by atoms with van der Waals surface area (Å²) in [5.41, 5.74) is 6.90. The predicted molar refractivity (Wildman–Crippen MR) is 82.1 cm³/mol. The van der Waals surface area contributed by atoms with Gasteiger partial charge < -0.3 is 20.3 Å². The standard InChI is InChI=1S/C15H25N3O2/c1-15(2,18(5)6)10-20-13-9-11(7-8-12(13)16)14(19)17(3)4/h7-9H,10,16H2,1-6H3. The van der Waals surface area contributed by atoms with E-state index in [1.54, 1.807) is 32.3 Å². The predicted octanol–water partition coefficient (Wildman–Crippen LogP) is 1.69.